The predicted molar refractivity (Wildman–Crippen MR) is 105 cm³/mol. The Morgan fingerprint density at radius 1 is 1.27 bits per heavy atom. The minimum Gasteiger partial charge on any atom is -0.357 e. The highest BCUT2D eigenvalue weighted by atomic mass is 127. The molecule has 0 aliphatic rings. The number of rotatable bonds is 7. The van der Waals surface area contributed by atoms with Gasteiger partial charge in [-0.1, -0.05) is 27.2 Å². The number of nitrogens with one attached hydrogen (secondary N) is 2. The number of aliphatic imine (C=N–C) groups is 1. The molecule has 1 rings (SSSR count). The summed E-state index contributed by atoms with van der Waals surface area (Å²) < 4.78 is 1.86. The fourth-order valence-electron chi connectivity index (χ4n) is 2.05. The van der Waals surface area contributed by atoms with Crippen molar-refractivity contribution in [3.8, 4) is 0 Å². The third-order valence-corrected chi connectivity index (χ3v) is 3.31. The molecule has 1 aromatic heterocycles. The Balaban J connectivity index is 0.00000441. The van der Waals surface area contributed by atoms with Crippen LogP contribution in [0.25, 0.3) is 0 Å². The van der Waals surface area contributed by atoms with Crippen molar-refractivity contribution in [1.29, 1.82) is 0 Å². The van der Waals surface area contributed by atoms with Crippen molar-refractivity contribution in [3.05, 3.63) is 18.0 Å². The molecule has 128 valence electrons. The Labute approximate surface area is 152 Å². The maximum absolute atomic E-state index is 4.60. The van der Waals surface area contributed by atoms with Crippen molar-refractivity contribution in [2.75, 3.05) is 13.1 Å². The lowest BCUT2D eigenvalue weighted by Gasteiger charge is -2.18. The van der Waals surface area contributed by atoms with E-state index in [1.54, 1.807) is 6.20 Å². The molecule has 0 atom stereocenters. The first kappa shape index (κ1) is 21.2. The van der Waals surface area contributed by atoms with Gasteiger partial charge in [-0.2, -0.15) is 5.10 Å². The molecule has 0 amide bonds. The van der Waals surface area contributed by atoms with Gasteiger partial charge in [0.25, 0.3) is 0 Å². The van der Waals surface area contributed by atoms with Gasteiger partial charge in [-0.25, -0.2) is 4.99 Å². The third-order valence-electron chi connectivity index (χ3n) is 3.31. The van der Waals surface area contributed by atoms with Crippen LogP contribution >= 0.6 is 24.0 Å². The van der Waals surface area contributed by atoms with Gasteiger partial charge in [0, 0.05) is 26.3 Å². The highest BCUT2D eigenvalue weighted by molar-refractivity contribution is 14.0. The molecule has 22 heavy (non-hydrogen) atoms. The van der Waals surface area contributed by atoms with E-state index in [0.29, 0.717) is 12.0 Å². The quantitative estimate of drug-likeness (QED) is 0.308. The van der Waals surface area contributed by atoms with E-state index in [1.807, 2.05) is 17.8 Å². The van der Waals surface area contributed by atoms with Crippen molar-refractivity contribution in [3.63, 3.8) is 0 Å². The average Bonchev–Trinajstić information content (AvgIpc) is 2.79. The minimum absolute atomic E-state index is 0. The van der Waals surface area contributed by atoms with Crippen molar-refractivity contribution in [2.45, 2.75) is 53.5 Å². The smallest absolute Gasteiger partial charge is 0.191 e. The number of aromatic nitrogens is 2. The van der Waals surface area contributed by atoms with Gasteiger partial charge in [0.2, 0.25) is 0 Å². The first-order chi connectivity index (χ1) is 9.92. The molecule has 0 unspecified atom stereocenters. The van der Waals surface area contributed by atoms with E-state index in [9.17, 15) is 0 Å². The van der Waals surface area contributed by atoms with E-state index in [4.69, 9.17) is 0 Å². The van der Waals surface area contributed by atoms with Crippen LogP contribution in [-0.2, 0) is 13.6 Å². The fourth-order valence-corrected chi connectivity index (χ4v) is 2.05. The van der Waals surface area contributed by atoms with Gasteiger partial charge in [0.05, 0.1) is 12.2 Å². The number of aryl methyl sites for hydroxylation is 1. The van der Waals surface area contributed by atoms with Crippen molar-refractivity contribution >= 4 is 29.9 Å². The Hall–Kier alpha value is -0.790. The number of guanidine groups is 1. The summed E-state index contributed by atoms with van der Waals surface area (Å²) in [5.41, 5.74) is 1.54. The summed E-state index contributed by atoms with van der Waals surface area (Å²) in [5, 5.41) is 10.8. The average molecular weight is 421 g/mol. The Morgan fingerprint density at radius 3 is 2.55 bits per heavy atom. The number of halogens is 1. The maximum atomic E-state index is 4.60. The zero-order chi connectivity index (χ0) is 15.7. The van der Waals surface area contributed by atoms with Gasteiger partial charge in [-0.15, -0.1) is 24.0 Å². The first-order valence-corrected chi connectivity index (χ1v) is 7.91. The van der Waals surface area contributed by atoms with E-state index in [-0.39, 0.29) is 24.0 Å². The molecule has 0 fully saturated rings. The van der Waals surface area contributed by atoms with E-state index in [1.165, 1.54) is 19.3 Å². The van der Waals surface area contributed by atoms with Crippen LogP contribution in [0.1, 0.15) is 52.7 Å². The second kappa shape index (κ2) is 10.9. The number of unbranched alkanes of at least 4 members (excludes halogenated alkanes) is 1. The van der Waals surface area contributed by atoms with Crippen LogP contribution < -0.4 is 10.6 Å². The minimum atomic E-state index is 0. The van der Waals surface area contributed by atoms with Crippen LogP contribution in [0.4, 0.5) is 0 Å². The molecular formula is C16H32IN5. The summed E-state index contributed by atoms with van der Waals surface area (Å²) in [7, 11) is 1.94. The standard InChI is InChI=1S/C16H31N5.HI/c1-6-17-15(18-11-8-7-10-16(2,3)4)19-13-14-9-12-20-21(14)5;/h9,12H,6-8,10-11,13H2,1-5H3,(H2,17,18,19);1H. The number of hydrogen-bond donors (Lipinski definition) is 2. The van der Waals surface area contributed by atoms with E-state index in [0.717, 1.165) is 24.7 Å². The fraction of sp³-hybridized carbons (Fsp3) is 0.750. The van der Waals surface area contributed by atoms with Gasteiger partial charge in [-0.05, 0) is 31.2 Å². The summed E-state index contributed by atoms with van der Waals surface area (Å²) >= 11 is 0. The summed E-state index contributed by atoms with van der Waals surface area (Å²) in [6.07, 6.45) is 5.49. The maximum Gasteiger partial charge on any atom is 0.191 e. The van der Waals surface area contributed by atoms with Gasteiger partial charge < -0.3 is 10.6 Å². The molecule has 0 bridgehead atoms. The predicted octanol–water partition coefficient (Wildman–Crippen LogP) is 3.31. The molecule has 1 heterocycles. The van der Waals surface area contributed by atoms with Crippen molar-refractivity contribution in [2.24, 2.45) is 17.5 Å². The molecule has 0 spiro atoms. The Morgan fingerprint density at radius 2 is 2.00 bits per heavy atom. The lowest BCUT2D eigenvalue weighted by atomic mass is 9.90. The second-order valence-electron chi connectivity index (χ2n) is 6.59. The lowest BCUT2D eigenvalue weighted by molar-refractivity contribution is 0.360. The normalized spacial score (nSPS) is 12.0. The summed E-state index contributed by atoms with van der Waals surface area (Å²) in [4.78, 5) is 4.60. The van der Waals surface area contributed by atoms with Crippen LogP contribution in [0.15, 0.2) is 17.3 Å². The molecule has 0 aromatic carbocycles. The van der Waals surface area contributed by atoms with Crippen molar-refractivity contribution in [1.82, 2.24) is 20.4 Å². The van der Waals surface area contributed by atoms with E-state index >= 15 is 0 Å². The highest BCUT2D eigenvalue weighted by Gasteiger charge is 2.08. The first-order valence-electron chi connectivity index (χ1n) is 7.91. The molecule has 1 aromatic rings. The van der Waals surface area contributed by atoms with Crippen LogP contribution in [0.2, 0.25) is 0 Å². The molecule has 0 saturated carbocycles. The molecular weight excluding hydrogens is 389 g/mol. The summed E-state index contributed by atoms with van der Waals surface area (Å²) in [6, 6.07) is 2.00. The van der Waals surface area contributed by atoms with Crippen LogP contribution in [0, 0.1) is 5.41 Å². The topological polar surface area (TPSA) is 54.2 Å². The van der Waals surface area contributed by atoms with E-state index < -0.39 is 0 Å². The van der Waals surface area contributed by atoms with Crippen LogP contribution in [0.3, 0.4) is 0 Å². The highest BCUT2D eigenvalue weighted by Crippen LogP contribution is 2.21. The van der Waals surface area contributed by atoms with Crippen molar-refractivity contribution < 1.29 is 0 Å². The summed E-state index contributed by atoms with van der Waals surface area (Å²) in [6.45, 7) is 11.4. The molecule has 6 heteroatoms. The monoisotopic (exact) mass is 421 g/mol. The van der Waals surface area contributed by atoms with Gasteiger partial charge in [-0.3, -0.25) is 4.68 Å². The van der Waals surface area contributed by atoms with Gasteiger partial charge in [0.1, 0.15) is 0 Å². The molecule has 0 aliphatic heterocycles. The van der Waals surface area contributed by atoms with Crippen LogP contribution in [-0.4, -0.2) is 28.8 Å². The second-order valence-corrected chi connectivity index (χ2v) is 6.59. The van der Waals surface area contributed by atoms with Gasteiger partial charge in [0.15, 0.2) is 5.96 Å². The molecule has 2 N–H and O–H groups in total. The number of nitrogens with zero attached hydrogens (tertiary/aromatic N) is 3. The molecule has 0 radical (unpaired) electrons. The Bertz CT molecular complexity index is 434. The SMILES string of the molecule is CCNC(=NCc1ccnn1C)NCCCCC(C)(C)C.I. The molecule has 5 nitrogen and oxygen atoms in total. The zero-order valence-corrected chi connectivity index (χ0v) is 17.0. The number of hydrogen-bond acceptors (Lipinski definition) is 2. The van der Waals surface area contributed by atoms with Crippen LogP contribution in [0.5, 0.6) is 0 Å². The Kier molecular flexibility index (Phi) is 10.5. The van der Waals surface area contributed by atoms with Gasteiger partial charge >= 0.3 is 0 Å². The largest absolute Gasteiger partial charge is 0.357 e. The molecule has 0 aliphatic carbocycles. The lowest BCUT2D eigenvalue weighted by Crippen LogP contribution is -2.37. The third kappa shape index (κ3) is 9.27. The summed E-state index contributed by atoms with van der Waals surface area (Å²) in [5.74, 6) is 0.884. The van der Waals surface area contributed by atoms with E-state index in [2.05, 4.69) is 48.4 Å². The zero-order valence-electron chi connectivity index (χ0n) is 14.6. The molecule has 0 saturated heterocycles.